The van der Waals surface area contributed by atoms with Crippen LogP contribution in [0.15, 0.2) is 66.7 Å². The highest BCUT2D eigenvalue weighted by atomic mass is 16.3. The van der Waals surface area contributed by atoms with E-state index in [0.717, 1.165) is 0 Å². The van der Waals surface area contributed by atoms with Gasteiger partial charge in [0.15, 0.2) is 0 Å². The number of phenols is 1. The van der Waals surface area contributed by atoms with Gasteiger partial charge in [0.2, 0.25) is 0 Å². The van der Waals surface area contributed by atoms with Gasteiger partial charge in [0.05, 0.1) is 0 Å². The van der Waals surface area contributed by atoms with E-state index in [9.17, 15) is 0 Å². The van der Waals surface area contributed by atoms with E-state index in [1.165, 1.54) is 6.42 Å². The maximum atomic E-state index is 8.63. The van der Waals surface area contributed by atoms with Crippen LogP contribution in [0.4, 0.5) is 0 Å². The van der Waals surface area contributed by atoms with Crippen LogP contribution in [0.25, 0.3) is 0 Å². The topological polar surface area (TPSA) is 20.2 Å². The molecule has 2 aromatic carbocycles. The fraction of sp³-hybridized carbons (Fsp3) is 0.429. The highest BCUT2D eigenvalue weighted by Gasteiger charge is 1.74. The van der Waals surface area contributed by atoms with Gasteiger partial charge in [-0.3, -0.25) is 0 Å². The molecule has 0 saturated carbocycles. The Morgan fingerprint density at radius 1 is 0.545 bits per heavy atom. The summed E-state index contributed by atoms with van der Waals surface area (Å²) in [6.07, 6.45) is 1.25. The molecular formula is C21H38O. The molecule has 2 rings (SSSR count). The molecule has 2 aromatic rings. The summed E-state index contributed by atoms with van der Waals surface area (Å²) in [5, 5.41) is 8.63. The monoisotopic (exact) mass is 306 g/mol. The van der Waals surface area contributed by atoms with E-state index in [-0.39, 0.29) is 0 Å². The Kier molecular flexibility index (Phi) is 47.2. The Hall–Kier alpha value is -1.76. The number of hydrogen-bond donors (Lipinski definition) is 1. The van der Waals surface area contributed by atoms with Gasteiger partial charge in [-0.05, 0) is 12.1 Å². The molecule has 0 aromatic heterocycles. The number of aromatic hydroxyl groups is 1. The molecule has 0 aliphatic rings. The van der Waals surface area contributed by atoms with Crippen molar-refractivity contribution in [3.8, 4) is 5.75 Å². The third kappa shape index (κ3) is 36.2. The quantitative estimate of drug-likeness (QED) is 0.532. The second-order valence-electron chi connectivity index (χ2n) is 3.20. The van der Waals surface area contributed by atoms with Gasteiger partial charge in [-0.15, -0.1) is 0 Å². The molecule has 1 heteroatoms. The van der Waals surface area contributed by atoms with Crippen molar-refractivity contribution in [2.45, 2.75) is 61.8 Å². The molecule has 0 heterocycles. The van der Waals surface area contributed by atoms with Crippen LogP contribution in [-0.2, 0) is 0 Å². The molecule has 0 amide bonds. The second-order valence-corrected chi connectivity index (χ2v) is 3.20. The van der Waals surface area contributed by atoms with E-state index in [1.54, 1.807) is 24.3 Å². The second kappa shape index (κ2) is 36.5. The van der Waals surface area contributed by atoms with Crippen LogP contribution in [-0.4, -0.2) is 5.11 Å². The molecular weight excluding hydrogens is 268 g/mol. The van der Waals surface area contributed by atoms with Crippen LogP contribution in [0.3, 0.4) is 0 Å². The van der Waals surface area contributed by atoms with Gasteiger partial charge in [-0.25, -0.2) is 0 Å². The molecule has 22 heavy (non-hydrogen) atoms. The van der Waals surface area contributed by atoms with E-state index in [1.807, 2.05) is 84.0 Å². The Balaban J connectivity index is -0.0000000987. The Morgan fingerprint density at radius 3 is 0.864 bits per heavy atom. The SMILES string of the molecule is CC.CC.CC.CCC.Oc1ccccc1.c1ccccc1. The average Bonchev–Trinajstić information content (AvgIpc) is 2.64. The van der Waals surface area contributed by atoms with Crippen LogP contribution < -0.4 is 0 Å². The fourth-order valence-electron chi connectivity index (χ4n) is 0.813. The average molecular weight is 307 g/mol. The van der Waals surface area contributed by atoms with Crippen LogP contribution >= 0.6 is 0 Å². The third-order valence-corrected chi connectivity index (χ3v) is 1.42. The molecule has 0 fully saturated rings. The van der Waals surface area contributed by atoms with E-state index in [0.29, 0.717) is 5.75 Å². The van der Waals surface area contributed by atoms with E-state index in [2.05, 4.69) is 13.8 Å². The first-order chi connectivity index (χ1) is 10.8. The Bertz CT molecular complexity index is 290. The summed E-state index contributed by atoms with van der Waals surface area (Å²) in [7, 11) is 0. The minimum absolute atomic E-state index is 0.322. The van der Waals surface area contributed by atoms with Gasteiger partial charge in [-0.2, -0.15) is 0 Å². The van der Waals surface area contributed by atoms with Crippen LogP contribution in [0.2, 0.25) is 0 Å². The number of phenolic OH excluding ortho intramolecular Hbond substituents is 1. The minimum Gasteiger partial charge on any atom is -0.508 e. The summed E-state index contributed by atoms with van der Waals surface area (Å²) in [6, 6.07) is 20.7. The Labute approximate surface area is 140 Å². The minimum atomic E-state index is 0.322. The van der Waals surface area contributed by atoms with Crippen molar-refractivity contribution in [3.05, 3.63) is 66.7 Å². The molecule has 0 atom stereocenters. The van der Waals surface area contributed by atoms with E-state index < -0.39 is 0 Å². The van der Waals surface area contributed by atoms with Gasteiger partial charge in [-0.1, -0.05) is 116 Å². The first-order valence-corrected chi connectivity index (χ1v) is 8.55. The first-order valence-electron chi connectivity index (χ1n) is 8.55. The molecule has 1 nitrogen and oxygen atoms in total. The van der Waals surface area contributed by atoms with E-state index >= 15 is 0 Å². The molecule has 0 aliphatic carbocycles. The smallest absolute Gasteiger partial charge is 0.115 e. The summed E-state index contributed by atoms with van der Waals surface area (Å²) in [6.45, 7) is 16.2. The molecule has 0 bridgehead atoms. The lowest BCUT2D eigenvalue weighted by atomic mass is 10.3. The van der Waals surface area contributed by atoms with Gasteiger partial charge >= 0.3 is 0 Å². The number of rotatable bonds is 0. The largest absolute Gasteiger partial charge is 0.508 e. The predicted molar refractivity (Wildman–Crippen MR) is 105 cm³/mol. The van der Waals surface area contributed by atoms with Gasteiger partial charge < -0.3 is 5.11 Å². The molecule has 0 spiro atoms. The van der Waals surface area contributed by atoms with Gasteiger partial charge in [0.25, 0.3) is 0 Å². The predicted octanol–water partition coefficient (Wildman–Crippen LogP) is 7.57. The maximum Gasteiger partial charge on any atom is 0.115 e. The summed E-state index contributed by atoms with van der Waals surface area (Å²) >= 11 is 0. The number of para-hydroxylation sites is 1. The van der Waals surface area contributed by atoms with Crippen molar-refractivity contribution < 1.29 is 5.11 Å². The molecule has 0 radical (unpaired) electrons. The van der Waals surface area contributed by atoms with Crippen molar-refractivity contribution >= 4 is 0 Å². The summed E-state index contributed by atoms with van der Waals surface area (Å²) in [4.78, 5) is 0. The van der Waals surface area contributed by atoms with Crippen molar-refractivity contribution in [2.24, 2.45) is 0 Å². The van der Waals surface area contributed by atoms with Crippen LogP contribution in [0, 0.1) is 0 Å². The third-order valence-electron chi connectivity index (χ3n) is 1.42. The highest BCUT2D eigenvalue weighted by molar-refractivity contribution is 5.18. The molecule has 1 N–H and O–H groups in total. The zero-order valence-corrected chi connectivity index (χ0v) is 16.0. The lowest BCUT2D eigenvalue weighted by molar-refractivity contribution is 0.475. The molecule has 0 unspecified atom stereocenters. The van der Waals surface area contributed by atoms with Crippen molar-refractivity contribution in [2.75, 3.05) is 0 Å². The maximum absolute atomic E-state index is 8.63. The fourth-order valence-corrected chi connectivity index (χ4v) is 0.813. The van der Waals surface area contributed by atoms with Gasteiger partial charge in [0, 0.05) is 0 Å². The van der Waals surface area contributed by atoms with Crippen molar-refractivity contribution in [1.29, 1.82) is 0 Å². The summed E-state index contributed by atoms with van der Waals surface area (Å²) in [5.74, 6) is 0.322. The van der Waals surface area contributed by atoms with Crippen molar-refractivity contribution in [1.82, 2.24) is 0 Å². The lowest BCUT2D eigenvalue weighted by Crippen LogP contribution is -1.56. The van der Waals surface area contributed by atoms with Crippen LogP contribution in [0.5, 0.6) is 5.75 Å². The Morgan fingerprint density at radius 2 is 0.727 bits per heavy atom. The molecule has 0 aliphatic heterocycles. The molecule has 128 valence electrons. The highest BCUT2D eigenvalue weighted by Crippen LogP contribution is 2.02. The zero-order chi connectivity index (χ0) is 18.1. The number of hydrogen-bond acceptors (Lipinski definition) is 1. The van der Waals surface area contributed by atoms with E-state index in [4.69, 9.17) is 5.11 Å². The summed E-state index contributed by atoms with van der Waals surface area (Å²) < 4.78 is 0. The zero-order valence-electron chi connectivity index (χ0n) is 16.0. The van der Waals surface area contributed by atoms with Gasteiger partial charge in [0.1, 0.15) is 5.75 Å². The van der Waals surface area contributed by atoms with Crippen molar-refractivity contribution in [3.63, 3.8) is 0 Å². The van der Waals surface area contributed by atoms with Crippen LogP contribution in [0.1, 0.15) is 61.8 Å². The lowest BCUT2D eigenvalue weighted by Gasteiger charge is -1.82. The summed E-state index contributed by atoms with van der Waals surface area (Å²) in [5.41, 5.74) is 0. The normalized spacial score (nSPS) is 6.55. The number of benzene rings is 2. The molecule has 0 saturated heterocycles. The first kappa shape index (κ1) is 28.4. The standard InChI is InChI=1S/C6H6O.C6H6.C3H8.3C2H6/c7-6-4-2-1-3-5-6;1-2-4-6-5-3-1;1-3-2;3*1-2/h1-5,7H;1-6H;3H2,1-2H3;3*1-2H3.